The Morgan fingerprint density at radius 3 is 2.76 bits per heavy atom. The maximum absolute atomic E-state index is 12.3. The summed E-state index contributed by atoms with van der Waals surface area (Å²) >= 11 is 0. The van der Waals surface area contributed by atoms with E-state index in [1.807, 2.05) is 61.2 Å². The fourth-order valence-electron chi connectivity index (χ4n) is 3.31. The minimum absolute atomic E-state index is 0.0465. The molecule has 4 heteroatoms. The second-order valence-electron chi connectivity index (χ2n) is 6.56. The van der Waals surface area contributed by atoms with Crippen LogP contribution in [0.25, 0.3) is 0 Å². The van der Waals surface area contributed by atoms with Crippen LogP contribution in [0.15, 0.2) is 42.5 Å². The van der Waals surface area contributed by atoms with Crippen LogP contribution in [-0.4, -0.2) is 18.4 Å². The quantitative estimate of drug-likeness (QED) is 0.921. The summed E-state index contributed by atoms with van der Waals surface area (Å²) in [6.07, 6.45) is 2.79. The largest absolute Gasteiger partial charge is 0.326 e. The van der Waals surface area contributed by atoms with E-state index in [2.05, 4.69) is 5.32 Å². The van der Waals surface area contributed by atoms with E-state index in [0.717, 1.165) is 41.9 Å². The molecule has 0 atom stereocenters. The maximum Gasteiger partial charge on any atom is 0.228 e. The third-order valence-electron chi connectivity index (χ3n) is 4.54. The second-order valence-corrected chi connectivity index (χ2v) is 6.56. The van der Waals surface area contributed by atoms with Gasteiger partial charge < -0.3 is 10.2 Å². The number of amides is 2. The number of benzene rings is 2. The van der Waals surface area contributed by atoms with E-state index in [1.165, 1.54) is 5.56 Å². The third-order valence-corrected chi connectivity index (χ3v) is 4.54. The van der Waals surface area contributed by atoms with Crippen LogP contribution in [0.4, 0.5) is 11.4 Å². The van der Waals surface area contributed by atoms with E-state index < -0.39 is 0 Å². The van der Waals surface area contributed by atoms with Gasteiger partial charge in [-0.25, -0.2) is 0 Å². The van der Waals surface area contributed by atoms with Crippen molar-refractivity contribution < 1.29 is 9.59 Å². The maximum atomic E-state index is 12.3. The number of nitrogens with one attached hydrogen (secondary N) is 1. The molecule has 0 bridgehead atoms. The number of fused-ring (bicyclic) bond motifs is 1. The van der Waals surface area contributed by atoms with Crippen LogP contribution in [0.2, 0.25) is 0 Å². The number of nitrogens with zero attached hydrogens (tertiary/aromatic N) is 1. The number of carbonyl (C=O) groups excluding carboxylic acids is 2. The predicted molar refractivity (Wildman–Crippen MR) is 101 cm³/mol. The Kier molecular flexibility index (Phi) is 5.17. The summed E-state index contributed by atoms with van der Waals surface area (Å²) < 4.78 is 0. The van der Waals surface area contributed by atoms with E-state index in [1.54, 1.807) is 0 Å². The zero-order valence-corrected chi connectivity index (χ0v) is 14.8. The molecule has 2 amide bonds. The van der Waals surface area contributed by atoms with Crippen molar-refractivity contribution in [2.75, 3.05) is 16.8 Å². The molecule has 1 aliphatic rings. The van der Waals surface area contributed by atoms with Gasteiger partial charge in [0.05, 0.1) is 6.42 Å². The first kappa shape index (κ1) is 17.2. The lowest BCUT2D eigenvalue weighted by Gasteiger charge is -2.29. The van der Waals surface area contributed by atoms with Crippen molar-refractivity contribution in [3.63, 3.8) is 0 Å². The van der Waals surface area contributed by atoms with Crippen molar-refractivity contribution in [3.8, 4) is 0 Å². The van der Waals surface area contributed by atoms with Gasteiger partial charge in [-0.3, -0.25) is 9.59 Å². The molecule has 0 aromatic heterocycles. The van der Waals surface area contributed by atoms with Crippen molar-refractivity contribution >= 4 is 23.2 Å². The van der Waals surface area contributed by atoms with Crippen LogP contribution in [0.3, 0.4) is 0 Å². The van der Waals surface area contributed by atoms with Crippen molar-refractivity contribution in [3.05, 3.63) is 59.2 Å². The van der Waals surface area contributed by atoms with Crippen LogP contribution in [0.5, 0.6) is 0 Å². The van der Waals surface area contributed by atoms with Gasteiger partial charge in [-0.1, -0.05) is 42.8 Å². The van der Waals surface area contributed by atoms with Crippen molar-refractivity contribution in [2.45, 2.75) is 39.5 Å². The second kappa shape index (κ2) is 7.51. The lowest BCUT2D eigenvalue weighted by Crippen LogP contribution is -2.35. The van der Waals surface area contributed by atoms with Gasteiger partial charge in [-0.15, -0.1) is 0 Å². The average molecular weight is 336 g/mol. The smallest absolute Gasteiger partial charge is 0.228 e. The van der Waals surface area contributed by atoms with Gasteiger partial charge in [-0.05, 0) is 43.0 Å². The monoisotopic (exact) mass is 336 g/mol. The molecule has 130 valence electrons. The van der Waals surface area contributed by atoms with E-state index in [0.29, 0.717) is 12.8 Å². The first-order valence-corrected chi connectivity index (χ1v) is 8.85. The van der Waals surface area contributed by atoms with Crippen LogP contribution >= 0.6 is 0 Å². The van der Waals surface area contributed by atoms with Gasteiger partial charge in [0.1, 0.15) is 0 Å². The molecule has 1 N–H and O–H groups in total. The Bertz CT molecular complexity index is 798. The highest BCUT2D eigenvalue weighted by Gasteiger charge is 2.21. The molecule has 0 radical (unpaired) electrons. The average Bonchev–Trinajstić information content (AvgIpc) is 2.60. The number of hydrogen-bond donors (Lipinski definition) is 1. The summed E-state index contributed by atoms with van der Waals surface area (Å²) in [6.45, 7) is 4.65. The molecule has 1 aliphatic heterocycles. The van der Waals surface area contributed by atoms with Gasteiger partial charge in [0, 0.05) is 24.3 Å². The topological polar surface area (TPSA) is 49.4 Å². The molecule has 0 fully saturated rings. The van der Waals surface area contributed by atoms with E-state index in [4.69, 9.17) is 0 Å². The Balaban J connectivity index is 1.75. The normalized spacial score (nSPS) is 13.3. The van der Waals surface area contributed by atoms with Crippen LogP contribution < -0.4 is 10.2 Å². The van der Waals surface area contributed by atoms with Crippen molar-refractivity contribution in [1.29, 1.82) is 0 Å². The first-order chi connectivity index (χ1) is 12.1. The van der Waals surface area contributed by atoms with Gasteiger partial charge in [0.25, 0.3) is 0 Å². The Hall–Kier alpha value is -2.62. The minimum atomic E-state index is -0.0465. The predicted octanol–water partition coefficient (Wildman–Crippen LogP) is 3.87. The zero-order valence-electron chi connectivity index (χ0n) is 14.8. The fourth-order valence-corrected chi connectivity index (χ4v) is 3.31. The third kappa shape index (κ3) is 4.08. The minimum Gasteiger partial charge on any atom is -0.326 e. The zero-order chi connectivity index (χ0) is 17.8. The molecule has 1 heterocycles. The summed E-state index contributed by atoms with van der Waals surface area (Å²) in [5.41, 5.74) is 4.99. The molecule has 0 saturated carbocycles. The molecule has 2 aromatic rings. The Labute approximate surface area is 148 Å². The molecule has 0 spiro atoms. The Morgan fingerprint density at radius 1 is 1.16 bits per heavy atom. The van der Waals surface area contributed by atoms with Gasteiger partial charge in [-0.2, -0.15) is 0 Å². The van der Waals surface area contributed by atoms with Gasteiger partial charge in [0.2, 0.25) is 11.8 Å². The van der Waals surface area contributed by atoms with Crippen molar-refractivity contribution in [2.24, 2.45) is 0 Å². The standard InChI is InChI=1S/C21H24N2O2/c1-3-21(25)23-11-5-8-17-9-10-18(14-19(17)23)22-20(24)13-16-7-4-6-15(2)12-16/h4,6-7,9-10,12,14H,3,5,8,11,13H2,1-2H3,(H,22,24). The molecule has 4 nitrogen and oxygen atoms in total. The van der Waals surface area contributed by atoms with Crippen molar-refractivity contribution in [1.82, 2.24) is 0 Å². The molecule has 0 unspecified atom stereocenters. The summed E-state index contributed by atoms with van der Waals surface area (Å²) in [4.78, 5) is 26.4. The number of rotatable bonds is 4. The highest BCUT2D eigenvalue weighted by molar-refractivity contribution is 5.97. The number of carbonyl (C=O) groups is 2. The summed E-state index contributed by atoms with van der Waals surface area (Å²) in [6, 6.07) is 13.8. The van der Waals surface area contributed by atoms with Gasteiger partial charge >= 0.3 is 0 Å². The van der Waals surface area contributed by atoms with Gasteiger partial charge in [0.15, 0.2) is 0 Å². The number of hydrogen-bond acceptors (Lipinski definition) is 2. The lowest BCUT2D eigenvalue weighted by atomic mass is 10.0. The van der Waals surface area contributed by atoms with E-state index in [-0.39, 0.29) is 11.8 Å². The molecule has 0 aliphatic carbocycles. The molecular weight excluding hydrogens is 312 g/mol. The number of anilines is 2. The first-order valence-electron chi connectivity index (χ1n) is 8.85. The van der Waals surface area contributed by atoms with E-state index >= 15 is 0 Å². The highest BCUT2D eigenvalue weighted by Crippen LogP contribution is 2.30. The summed E-state index contributed by atoms with van der Waals surface area (Å²) in [5.74, 6) is 0.0823. The molecule has 0 saturated heterocycles. The highest BCUT2D eigenvalue weighted by atomic mass is 16.2. The van der Waals surface area contributed by atoms with Crippen LogP contribution in [0, 0.1) is 6.92 Å². The Morgan fingerprint density at radius 2 is 2.00 bits per heavy atom. The lowest BCUT2D eigenvalue weighted by molar-refractivity contribution is -0.118. The van der Waals surface area contributed by atoms with E-state index in [9.17, 15) is 9.59 Å². The fraction of sp³-hybridized carbons (Fsp3) is 0.333. The molecule has 25 heavy (non-hydrogen) atoms. The number of aryl methyl sites for hydroxylation is 2. The SMILES string of the molecule is CCC(=O)N1CCCc2ccc(NC(=O)Cc3cccc(C)c3)cc21. The molecular formula is C21H24N2O2. The summed E-state index contributed by atoms with van der Waals surface area (Å²) in [7, 11) is 0. The van der Waals surface area contributed by atoms with Crippen LogP contribution in [0.1, 0.15) is 36.5 Å². The van der Waals surface area contributed by atoms with Crippen LogP contribution in [-0.2, 0) is 22.4 Å². The summed E-state index contributed by atoms with van der Waals surface area (Å²) in [5, 5.41) is 2.96. The molecule has 2 aromatic carbocycles. The molecule has 3 rings (SSSR count).